The van der Waals surface area contributed by atoms with Crippen LogP contribution in [-0.4, -0.2) is 45.7 Å². The summed E-state index contributed by atoms with van der Waals surface area (Å²) in [5, 5.41) is 10.00. The molecule has 0 saturated carbocycles. The third-order valence-electron chi connectivity index (χ3n) is 4.19. The highest BCUT2D eigenvalue weighted by Gasteiger charge is 2.14. The fourth-order valence-electron chi connectivity index (χ4n) is 2.61. The van der Waals surface area contributed by atoms with E-state index in [1.165, 1.54) is 61.7 Å². The monoisotopic (exact) mass is 506 g/mol. The average molecular weight is 507 g/mol. The van der Waals surface area contributed by atoms with Crippen molar-refractivity contribution in [3.05, 3.63) is 65.7 Å². The number of aromatic nitrogens is 2. The van der Waals surface area contributed by atoms with Gasteiger partial charge in [-0.2, -0.15) is 9.97 Å². The van der Waals surface area contributed by atoms with Crippen molar-refractivity contribution >= 4 is 50.2 Å². The van der Waals surface area contributed by atoms with Crippen LogP contribution < -0.4 is 25.2 Å². The average Bonchev–Trinajstić information content (AvgIpc) is 2.78. The van der Waals surface area contributed by atoms with E-state index in [0.717, 1.165) is 0 Å². The number of carbonyl (C=O) groups is 2. The maximum Gasteiger partial charge on any atom is 0.258 e. The lowest BCUT2D eigenvalue weighted by atomic mass is 10.2. The van der Waals surface area contributed by atoms with E-state index in [0.29, 0.717) is 5.69 Å². The summed E-state index contributed by atoms with van der Waals surface area (Å²) in [7, 11) is -5.40. The first-order valence-electron chi connectivity index (χ1n) is 9.25. The molecule has 2 aromatic carbocycles. The maximum atomic E-state index is 12.5. The van der Waals surface area contributed by atoms with E-state index in [1.807, 2.05) is 0 Å². The molecular weight excluding hydrogens is 488 g/mol. The normalized spacial score (nSPS) is 11.0. The molecule has 3 aromatic rings. The Labute approximate surface area is 195 Å². The molecule has 13 nitrogen and oxygen atoms in total. The van der Waals surface area contributed by atoms with Crippen LogP contribution in [0.25, 0.3) is 0 Å². The Balaban J connectivity index is 1.76. The summed E-state index contributed by atoms with van der Waals surface area (Å²) >= 11 is 0. The standard InChI is InChI=1S/C19H18N6O7S2/c1-32-16-10-15(21-17(26)11-2-6-13(7-3-11)25-33(28)29)22-19(23-16)24-18(27)12-4-8-14(9-5-12)34(20,30)31/h2-10,33H,1H3,(H2,20,30,31)(H,25,28,29)(H2,21,22,23,24,26,27). The lowest BCUT2D eigenvalue weighted by Crippen LogP contribution is -2.18. The molecule has 0 atom stereocenters. The van der Waals surface area contributed by atoms with Crippen LogP contribution in [0.2, 0.25) is 0 Å². The first kappa shape index (κ1) is 24.6. The molecule has 1 heterocycles. The zero-order valence-corrected chi connectivity index (χ0v) is 19.1. The second-order valence-electron chi connectivity index (χ2n) is 6.54. The Morgan fingerprint density at radius 1 is 0.912 bits per heavy atom. The van der Waals surface area contributed by atoms with Gasteiger partial charge in [0.25, 0.3) is 11.8 Å². The van der Waals surface area contributed by atoms with Gasteiger partial charge in [0.1, 0.15) is 5.82 Å². The van der Waals surface area contributed by atoms with Gasteiger partial charge in [-0.15, -0.1) is 0 Å². The number of anilines is 3. The molecule has 0 aliphatic heterocycles. The number of sulfonamides is 1. The Kier molecular flexibility index (Phi) is 7.40. The van der Waals surface area contributed by atoms with Crippen molar-refractivity contribution in [3.8, 4) is 5.88 Å². The number of benzene rings is 2. The molecule has 5 N–H and O–H groups in total. The van der Waals surface area contributed by atoms with E-state index in [-0.39, 0.29) is 33.7 Å². The number of rotatable bonds is 8. The Bertz CT molecular complexity index is 1400. The lowest BCUT2D eigenvalue weighted by molar-refractivity contribution is 0.101. The molecule has 3 rings (SSSR count). The van der Waals surface area contributed by atoms with E-state index < -0.39 is 32.7 Å². The summed E-state index contributed by atoms with van der Waals surface area (Å²) in [4.78, 5) is 32.9. The summed E-state index contributed by atoms with van der Waals surface area (Å²) in [6.45, 7) is 0. The number of hydrogen-bond donors (Lipinski definition) is 5. The SMILES string of the molecule is COc1cc(NC(=O)c2ccc(N[SH](=O)=O)cc2)nc(NC(=O)c2ccc(S(N)(=O)=O)cc2)n1. The summed E-state index contributed by atoms with van der Waals surface area (Å²) in [6, 6.07) is 11.8. The van der Waals surface area contributed by atoms with E-state index in [2.05, 4.69) is 25.3 Å². The molecule has 0 unspecified atom stereocenters. The number of nitrogens with two attached hydrogens (primary N) is 1. The van der Waals surface area contributed by atoms with Gasteiger partial charge in [0.15, 0.2) is 0 Å². The van der Waals surface area contributed by atoms with Gasteiger partial charge in [0.05, 0.1) is 12.0 Å². The van der Waals surface area contributed by atoms with E-state index in [9.17, 15) is 26.4 Å². The van der Waals surface area contributed by atoms with Gasteiger partial charge in [-0.1, -0.05) is 0 Å². The number of ether oxygens (including phenoxy) is 1. The molecule has 178 valence electrons. The van der Waals surface area contributed by atoms with Crippen LogP contribution in [0.1, 0.15) is 20.7 Å². The number of primary sulfonamides is 1. The van der Waals surface area contributed by atoms with Gasteiger partial charge in [0, 0.05) is 22.9 Å². The van der Waals surface area contributed by atoms with E-state index >= 15 is 0 Å². The third kappa shape index (κ3) is 6.47. The van der Waals surface area contributed by atoms with Crippen LogP contribution >= 0.6 is 0 Å². The summed E-state index contributed by atoms with van der Waals surface area (Å²) < 4.78 is 51.4. The second-order valence-corrected chi connectivity index (χ2v) is 8.84. The fourth-order valence-corrected chi connectivity index (χ4v) is 3.48. The number of thiol groups is 1. The van der Waals surface area contributed by atoms with Crippen LogP contribution in [0.3, 0.4) is 0 Å². The van der Waals surface area contributed by atoms with Crippen LogP contribution in [0.15, 0.2) is 59.5 Å². The zero-order valence-electron chi connectivity index (χ0n) is 17.4. The van der Waals surface area contributed by atoms with Crippen molar-refractivity contribution < 1.29 is 31.2 Å². The highest BCUT2D eigenvalue weighted by atomic mass is 32.2. The van der Waals surface area contributed by atoms with Gasteiger partial charge >= 0.3 is 0 Å². The fraction of sp³-hybridized carbons (Fsp3) is 0.0526. The minimum Gasteiger partial charge on any atom is -0.481 e. The molecule has 0 radical (unpaired) electrons. The molecule has 0 bridgehead atoms. The molecule has 15 heteroatoms. The Morgan fingerprint density at radius 2 is 1.47 bits per heavy atom. The van der Waals surface area contributed by atoms with Crippen LogP contribution in [-0.2, 0) is 20.9 Å². The molecular formula is C19H18N6O7S2. The maximum absolute atomic E-state index is 12.5. The van der Waals surface area contributed by atoms with Gasteiger partial charge in [-0.25, -0.2) is 22.0 Å². The molecule has 1 aromatic heterocycles. The van der Waals surface area contributed by atoms with Gasteiger partial charge in [0.2, 0.25) is 32.7 Å². The van der Waals surface area contributed by atoms with Gasteiger partial charge in [-0.05, 0) is 48.5 Å². The predicted octanol–water partition coefficient (Wildman–Crippen LogP) is 0.575. The van der Waals surface area contributed by atoms with Crippen molar-refractivity contribution in [2.45, 2.75) is 4.90 Å². The van der Waals surface area contributed by atoms with Crippen molar-refractivity contribution in [2.75, 3.05) is 22.5 Å². The first-order chi connectivity index (χ1) is 16.0. The van der Waals surface area contributed by atoms with Gasteiger partial charge < -0.3 is 10.1 Å². The van der Waals surface area contributed by atoms with Crippen molar-refractivity contribution in [2.24, 2.45) is 5.14 Å². The van der Waals surface area contributed by atoms with Crippen molar-refractivity contribution in [3.63, 3.8) is 0 Å². The second kappa shape index (κ2) is 10.2. The summed E-state index contributed by atoms with van der Waals surface area (Å²) in [5.41, 5.74) is 0.612. The van der Waals surface area contributed by atoms with Crippen LogP contribution in [0, 0.1) is 0 Å². The lowest BCUT2D eigenvalue weighted by Gasteiger charge is -2.10. The summed E-state index contributed by atoms with van der Waals surface area (Å²) in [6.07, 6.45) is 0. The first-order valence-corrected chi connectivity index (χ1v) is 12.0. The van der Waals surface area contributed by atoms with Crippen molar-refractivity contribution in [1.29, 1.82) is 0 Å². The highest BCUT2D eigenvalue weighted by Crippen LogP contribution is 2.18. The van der Waals surface area contributed by atoms with E-state index in [1.54, 1.807) is 0 Å². The number of nitrogens with one attached hydrogen (secondary N) is 3. The highest BCUT2D eigenvalue weighted by molar-refractivity contribution is 7.89. The van der Waals surface area contributed by atoms with Crippen LogP contribution in [0.5, 0.6) is 5.88 Å². The molecule has 34 heavy (non-hydrogen) atoms. The third-order valence-corrected chi connectivity index (χ3v) is 5.56. The Hall–Kier alpha value is -4.08. The molecule has 0 aliphatic carbocycles. The van der Waals surface area contributed by atoms with Crippen LogP contribution in [0.4, 0.5) is 17.5 Å². The minimum atomic E-state index is -3.90. The topological polar surface area (TPSA) is 200 Å². The molecule has 2 amide bonds. The number of amides is 2. The largest absolute Gasteiger partial charge is 0.481 e. The van der Waals surface area contributed by atoms with Gasteiger partial charge in [-0.3, -0.25) is 19.6 Å². The number of hydrogen-bond acceptors (Lipinski definition) is 9. The smallest absolute Gasteiger partial charge is 0.258 e. The number of carbonyl (C=O) groups excluding carboxylic acids is 2. The predicted molar refractivity (Wildman–Crippen MR) is 123 cm³/mol. The van der Waals surface area contributed by atoms with Crippen molar-refractivity contribution in [1.82, 2.24) is 9.97 Å². The molecule has 0 aliphatic rings. The molecule has 0 saturated heterocycles. The Morgan fingerprint density at radius 3 is 2.00 bits per heavy atom. The summed E-state index contributed by atoms with van der Waals surface area (Å²) in [5.74, 6) is -1.33. The van der Waals surface area contributed by atoms with E-state index in [4.69, 9.17) is 9.88 Å². The zero-order chi connectivity index (χ0) is 24.9. The minimum absolute atomic E-state index is 0.0153. The number of methoxy groups -OCH3 is 1. The molecule has 0 fully saturated rings. The quantitative estimate of drug-likeness (QED) is 0.271. The number of nitrogens with zero attached hydrogens (tertiary/aromatic N) is 2. The molecule has 0 spiro atoms.